The van der Waals surface area contributed by atoms with Crippen molar-refractivity contribution in [3.05, 3.63) is 0 Å². The third-order valence-electron chi connectivity index (χ3n) is 0.951. The maximum absolute atomic E-state index is 10.6. The summed E-state index contributed by atoms with van der Waals surface area (Å²) in [5, 5.41) is -0.726. The Kier molecular flexibility index (Phi) is 3.83. The normalized spacial score (nSPS) is 10.9. The first-order valence-electron chi connectivity index (χ1n) is 2.88. The number of ether oxygens (including phenoxy) is 1. The molecule has 0 spiro atoms. The van der Waals surface area contributed by atoms with Crippen molar-refractivity contribution in [2.45, 2.75) is 19.4 Å². The van der Waals surface area contributed by atoms with Gasteiger partial charge in [-0.3, -0.25) is 9.59 Å². The second-order valence-corrected chi connectivity index (χ2v) is 3.00. The van der Waals surface area contributed by atoms with Crippen molar-refractivity contribution >= 4 is 34.4 Å². The first-order chi connectivity index (χ1) is 4.90. The second kappa shape index (κ2) is 3.93. The molecule has 5 heteroatoms. The zero-order chi connectivity index (χ0) is 9.07. The van der Waals surface area contributed by atoms with E-state index in [-0.39, 0.29) is 5.88 Å². The highest BCUT2D eigenvalue weighted by atomic mass is 35.5. The van der Waals surface area contributed by atoms with Gasteiger partial charge in [-0.15, -0.1) is 11.6 Å². The van der Waals surface area contributed by atoms with Crippen LogP contribution in [0.2, 0.25) is 0 Å². The van der Waals surface area contributed by atoms with Gasteiger partial charge in [-0.05, 0) is 25.4 Å². The van der Waals surface area contributed by atoms with Crippen LogP contribution in [0, 0.1) is 0 Å². The van der Waals surface area contributed by atoms with Gasteiger partial charge >= 0.3 is 5.97 Å². The highest BCUT2D eigenvalue weighted by molar-refractivity contribution is 6.65. The number of hydrogen-bond donors (Lipinski definition) is 0. The van der Waals surface area contributed by atoms with Crippen LogP contribution >= 0.6 is 23.2 Å². The summed E-state index contributed by atoms with van der Waals surface area (Å²) >= 11 is 10.2. The quantitative estimate of drug-likeness (QED) is 0.391. The summed E-state index contributed by atoms with van der Waals surface area (Å²) in [6.45, 7) is 2.79. The smallest absolute Gasteiger partial charge is 0.321 e. The maximum Gasteiger partial charge on any atom is 0.321 e. The van der Waals surface area contributed by atoms with Crippen LogP contribution in [0.3, 0.4) is 0 Å². The van der Waals surface area contributed by atoms with E-state index in [1.165, 1.54) is 13.8 Å². The Morgan fingerprint density at radius 2 is 1.91 bits per heavy atom. The summed E-state index contributed by atoms with van der Waals surface area (Å²) in [5.41, 5.74) is -1.28. The van der Waals surface area contributed by atoms with E-state index in [1.807, 2.05) is 0 Å². The van der Waals surface area contributed by atoms with Crippen LogP contribution in [-0.2, 0) is 14.3 Å². The molecule has 0 N–H and O–H groups in total. The Bertz CT molecular complexity index is 177. The number of rotatable bonds is 3. The van der Waals surface area contributed by atoms with Crippen LogP contribution in [0.1, 0.15) is 13.8 Å². The van der Waals surface area contributed by atoms with E-state index in [4.69, 9.17) is 23.2 Å². The Balaban J connectivity index is 4.12. The Morgan fingerprint density at radius 3 is 2.18 bits per heavy atom. The van der Waals surface area contributed by atoms with Crippen molar-refractivity contribution in [2.24, 2.45) is 0 Å². The number of halogens is 2. The van der Waals surface area contributed by atoms with E-state index in [9.17, 15) is 9.59 Å². The summed E-state index contributed by atoms with van der Waals surface area (Å²) in [5.74, 6) is -0.946. The molecule has 0 saturated carbocycles. The summed E-state index contributed by atoms with van der Waals surface area (Å²) in [6.07, 6.45) is 0. The molecule has 0 atom stereocenters. The van der Waals surface area contributed by atoms with Crippen molar-refractivity contribution in [2.75, 3.05) is 5.88 Å². The van der Waals surface area contributed by atoms with E-state index >= 15 is 0 Å². The average molecular weight is 199 g/mol. The molecule has 0 unspecified atom stereocenters. The molecule has 0 rings (SSSR count). The molecule has 0 heterocycles. The van der Waals surface area contributed by atoms with Crippen molar-refractivity contribution < 1.29 is 14.3 Å². The molecule has 0 amide bonds. The van der Waals surface area contributed by atoms with Crippen LogP contribution in [0.15, 0.2) is 0 Å². The highest BCUT2D eigenvalue weighted by Crippen LogP contribution is 2.13. The number of carbonyl (C=O) groups excluding carboxylic acids is 2. The molecule has 11 heavy (non-hydrogen) atoms. The van der Waals surface area contributed by atoms with E-state index < -0.39 is 16.8 Å². The highest BCUT2D eigenvalue weighted by Gasteiger charge is 2.29. The lowest BCUT2D eigenvalue weighted by Gasteiger charge is -2.19. The van der Waals surface area contributed by atoms with Crippen molar-refractivity contribution in [3.8, 4) is 0 Å². The fourth-order valence-corrected chi connectivity index (χ4v) is 0.445. The molecular formula is C6H8Cl2O3. The number of esters is 1. The zero-order valence-electron chi connectivity index (χ0n) is 6.19. The third kappa shape index (κ3) is 3.58. The third-order valence-corrected chi connectivity index (χ3v) is 1.62. The van der Waals surface area contributed by atoms with Gasteiger partial charge in [0.25, 0.3) is 5.24 Å². The summed E-state index contributed by atoms with van der Waals surface area (Å²) in [6, 6.07) is 0. The van der Waals surface area contributed by atoms with Gasteiger partial charge in [0.05, 0.1) is 0 Å². The Hall–Kier alpha value is -0.280. The lowest BCUT2D eigenvalue weighted by molar-refractivity contribution is -0.158. The predicted molar refractivity (Wildman–Crippen MR) is 41.8 cm³/mol. The molecule has 0 aliphatic carbocycles. The Morgan fingerprint density at radius 1 is 1.45 bits per heavy atom. The van der Waals surface area contributed by atoms with E-state index in [0.29, 0.717) is 0 Å². The minimum Gasteiger partial charge on any atom is -0.449 e. The lowest BCUT2D eigenvalue weighted by atomic mass is 10.2. The maximum atomic E-state index is 10.6. The van der Waals surface area contributed by atoms with Gasteiger partial charge in [-0.1, -0.05) is 0 Å². The minimum absolute atomic E-state index is 0.284. The first-order valence-corrected chi connectivity index (χ1v) is 3.79. The zero-order valence-corrected chi connectivity index (χ0v) is 7.70. The Labute approximate surface area is 74.6 Å². The molecule has 0 fully saturated rings. The summed E-state index contributed by atoms with van der Waals surface area (Å²) < 4.78 is 4.60. The molecule has 0 aromatic carbocycles. The SMILES string of the molecule is CC(C)(OC(=O)CCl)C(=O)Cl. The van der Waals surface area contributed by atoms with Crippen molar-refractivity contribution in [1.29, 1.82) is 0 Å². The molecule has 0 aliphatic rings. The van der Waals surface area contributed by atoms with Crippen molar-refractivity contribution in [1.82, 2.24) is 0 Å². The van der Waals surface area contributed by atoms with E-state index in [1.54, 1.807) is 0 Å². The monoisotopic (exact) mass is 198 g/mol. The lowest BCUT2D eigenvalue weighted by Crippen LogP contribution is -2.34. The standard InChI is InChI=1S/C6H8Cl2O3/c1-6(2,5(8)10)11-4(9)3-7/h3H2,1-2H3. The molecule has 0 saturated heterocycles. The minimum atomic E-state index is -1.28. The molecule has 3 nitrogen and oxygen atoms in total. The molecule has 0 aromatic heterocycles. The van der Waals surface area contributed by atoms with E-state index in [2.05, 4.69) is 4.74 Å². The summed E-state index contributed by atoms with van der Waals surface area (Å²) in [4.78, 5) is 21.1. The van der Waals surface area contributed by atoms with Crippen LogP contribution in [0.25, 0.3) is 0 Å². The van der Waals surface area contributed by atoms with Gasteiger partial charge in [0, 0.05) is 0 Å². The fraction of sp³-hybridized carbons (Fsp3) is 0.667. The molecular weight excluding hydrogens is 191 g/mol. The van der Waals surface area contributed by atoms with Gasteiger partial charge in [-0.25, -0.2) is 0 Å². The number of carbonyl (C=O) groups is 2. The van der Waals surface area contributed by atoms with Gasteiger partial charge in [-0.2, -0.15) is 0 Å². The fourth-order valence-electron chi connectivity index (χ4n) is 0.352. The first kappa shape index (κ1) is 10.7. The van der Waals surface area contributed by atoms with Gasteiger partial charge in [0.15, 0.2) is 5.60 Å². The topological polar surface area (TPSA) is 43.4 Å². The molecule has 64 valence electrons. The molecule has 0 aromatic rings. The predicted octanol–water partition coefficient (Wildman–Crippen LogP) is 1.31. The molecule has 0 radical (unpaired) electrons. The van der Waals surface area contributed by atoms with E-state index in [0.717, 1.165) is 0 Å². The average Bonchev–Trinajstić information content (AvgIpc) is 1.86. The number of alkyl halides is 1. The van der Waals surface area contributed by atoms with Crippen LogP contribution in [0.5, 0.6) is 0 Å². The van der Waals surface area contributed by atoms with Gasteiger partial charge in [0.1, 0.15) is 5.88 Å². The molecule has 0 bridgehead atoms. The van der Waals surface area contributed by atoms with Gasteiger partial charge < -0.3 is 4.74 Å². The molecule has 0 aliphatic heterocycles. The summed E-state index contributed by atoms with van der Waals surface area (Å²) in [7, 11) is 0. The van der Waals surface area contributed by atoms with Crippen LogP contribution in [0.4, 0.5) is 0 Å². The number of hydrogen-bond acceptors (Lipinski definition) is 3. The second-order valence-electron chi connectivity index (χ2n) is 2.39. The van der Waals surface area contributed by atoms with Crippen molar-refractivity contribution in [3.63, 3.8) is 0 Å². The van der Waals surface area contributed by atoms with Crippen LogP contribution in [-0.4, -0.2) is 22.7 Å². The largest absolute Gasteiger partial charge is 0.449 e. The van der Waals surface area contributed by atoms with Gasteiger partial charge in [0.2, 0.25) is 0 Å². The van der Waals surface area contributed by atoms with Crippen LogP contribution < -0.4 is 0 Å².